The maximum Gasteiger partial charge on any atom is 0.410 e. The second-order valence-electron chi connectivity index (χ2n) is 15.0. The maximum absolute atomic E-state index is 13.6. The molecule has 0 spiro atoms. The van der Waals surface area contributed by atoms with Crippen LogP contribution in [0.1, 0.15) is 60.5 Å². The average Bonchev–Trinajstić information content (AvgIpc) is 3.27. The zero-order valence-electron chi connectivity index (χ0n) is 33.1. The van der Waals surface area contributed by atoms with Gasteiger partial charge in [-0.1, -0.05) is 130 Å². The number of aliphatic hydroxyl groups is 1. The Labute approximate surface area is 339 Å². The number of nitrogens with zero attached hydrogens (tertiary/aromatic N) is 1. The molecular weight excluding hydrogens is 743 g/mol. The Kier molecular flexibility index (Phi) is 14.2. The first-order valence-electron chi connectivity index (χ1n) is 20.1. The van der Waals surface area contributed by atoms with Crippen molar-refractivity contribution in [3.8, 4) is 0 Å². The van der Waals surface area contributed by atoms with E-state index in [1.165, 1.54) is 0 Å². The van der Waals surface area contributed by atoms with Crippen LogP contribution in [0.25, 0.3) is 0 Å². The lowest BCUT2D eigenvalue weighted by Gasteiger charge is -2.50. The van der Waals surface area contributed by atoms with E-state index < -0.39 is 79.4 Å². The zero-order chi connectivity index (χ0) is 40.4. The van der Waals surface area contributed by atoms with Crippen LogP contribution >= 0.6 is 0 Å². The van der Waals surface area contributed by atoms with Gasteiger partial charge in [0, 0.05) is 30.5 Å². The average molecular weight is 796 g/mol. The molecule has 3 aliphatic heterocycles. The van der Waals surface area contributed by atoms with Crippen molar-refractivity contribution in [2.45, 2.75) is 95.8 Å². The van der Waals surface area contributed by atoms with Crippen molar-refractivity contribution in [1.29, 1.82) is 0 Å². The van der Waals surface area contributed by atoms with Gasteiger partial charge in [0.2, 0.25) is 0 Å². The summed E-state index contributed by atoms with van der Waals surface area (Å²) in [5, 5.41) is 11.5. The van der Waals surface area contributed by atoms with E-state index in [2.05, 4.69) is 0 Å². The van der Waals surface area contributed by atoms with Crippen LogP contribution in [0.3, 0.4) is 0 Å². The van der Waals surface area contributed by atoms with E-state index in [9.17, 15) is 14.7 Å². The Morgan fingerprint density at radius 2 is 1.40 bits per heavy atom. The van der Waals surface area contributed by atoms with E-state index in [0.717, 1.165) is 16.7 Å². The lowest BCUT2D eigenvalue weighted by Crippen LogP contribution is -2.62. The normalized spacial score (nSPS) is 29.5. The van der Waals surface area contributed by atoms with Gasteiger partial charge in [0.1, 0.15) is 18.8 Å². The molecule has 3 saturated heterocycles. The number of benzene rings is 4. The van der Waals surface area contributed by atoms with Gasteiger partial charge in [0.25, 0.3) is 0 Å². The SMILES string of the molecule is CCC1O[C@@H](OCCN(Cc2ccccc2)C(=O)OCc2ccccc2)C(OC(=O)c2ccccc2)[C@@H](C)[C@@H]1O[C@@H]1OC2COC(c3ccccc3)O[C@H]2[C@H](O)C1C. The van der Waals surface area contributed by atoms with E-state index in [1.807, 2.05) is 118 Å². The lowest BCUT2D eigenvalue weighted by atomic mass is 9.88. The molecule has 4 aromatic carbocycles. The number of aliphatic hydroxyl groups excluding tert-OH is 1. The fourth-order valence-electron chi connectivity index (χ4n) is 7.65. The van der Waals surface area contributed by atoms with Crippen molar-refractivity contribution in [3.63, 3.8) is 0 Å². The summed E-state index contributed by atoms with van der Waals surface area (Å²) in [7, 11) is 0. The number of hydrogen-bond acceptors (Lipinski definition) is 11. The van der Waals surface area contributed by atoms with Gasteiger partial charge in [-0.2, -0.15) is 0 Å². The van der Waals surface area contributed by atoms with E-state index >= 15 is 0 Å². The summed E-state index contributed by atoms with van der Waals surface area (Å²) >= 11 is 0. The molecule has 1 N–H and O–H groups in total. The van der Waals surface area contributed by atoms with E-state index in [1.54, 1.807) is 29.2 Å². The Balaban J connectivity index is 1.04. The van der Waals surface area contributed by atoms with Crippen molar-refractivity contribution in [2.24, 2.45) is 11.8 Å². The van der Waals surface area contributed by atoms with Crippen molar-refractivity contribution < 1.29 is 52.6 Å². The molecule has 4 aromatic rings. The molecule has 0 radical (unpaired) electrons. The van der Waals surface area contributed by atoms with Crippen molar-refractivity contribution in [3.05, 3.63) is 144 Å². The first kappa shape index (κ1) is 41.5. The molecule has 7 rings (SSSR count). The Hall–Kier alpha value is -4.66. The molecule has 3 heterocycles. The van der Waals surface area contributed by atoms with Crippen LogP contribution in [0.4, 0.5) is 4.79 Å². The van der Waals surface area contributed by atoms with Gasteiger partial charge in [0.15, 0.2) is 25.0 Å². The minimum Gasteiger partial charge on any atom is -0.453 e. The highest BCUT2D eigenvalue weighted by molar-refractivity contribution is 5.89. The number of fused-ring (bicyclic) bond motifs is 1. The van der Waals surface area contributed by atoms with E-state index in [-0.39, 0.29) is 26.4 Å². The number of carbonyl (C=O) groups excluding carboxylic acids is 2. The Bertz CT molecular complexity index is 1870. The molecule has 0 aromatic heterocycles. The predicted molar refractivity (Wildman–Crippen MR) is 212 cm³/mol. The fraction of sp³-hybridized carbons (Fsp3) is 0.435. The summed E-state index contributed by atoms with van der Waals surface area (Å²) in [5.74, 6) is -1.46. The Morgan fingerprint density at radius 1 is 0.759 bits per heavy atom. The summed E-state index contributed by atoms with van der Waals surface area (Å²) in [6, 6.07) is 37.5. The number of carbonyl (C=O) groups is 2. The molecule has 0 bridgehead atoms. The minimum atomic E-state index is -0.985. The topological polar surface area (TPSA) is 131 Å². The van der Waals surface area contributed by atoms with Gasteiger partial charge in [-0.15, -0.1) is 0 Å². The molecule has 58 heavy (non-hydrogen) atoms. The number of hydrogen-bond donors (Lipinski definition) is 1. The molecular formula is C46H53NO11. The smallest absolute Gasteiger partial charge is 0.410 e. The largest absolute Gasteiger partial charge is 0.453 e. The van der Waals surface area contributed by atoms with E-state index in [4.69, 9.17) is 37.9 Å². The summed E-state index contributed by atoms with van der Waals surface area (Å²) in [6.45, 7) is 6.65. The fourth-order valence-corrected chi connectivity index (χ4v) is 7.65. The van der Waals surface area contributed by atoms with Crippen LogP contribution in [-0.2, 0) is 51.0 Å². The van der Waals surface area contributed by atoms with Crippen LogP contribution in [0.2, 0.25) is 0 Å². The summed E-state index contributed by atoms with van der Waals surface area (Å²) in [5.41, 5.74) is 3.04. The van der Waals surface area contributed by atoms with Gasteiger partial charge < -0.3 is 47.9 Å². The molecule has 3 fully saturated rings. The quantitative estimate of drug-likeness (QED) is 0.132. The molecule has 308 valence electrons. The molecule has 3 aliphatic rings. The van der Waals surface area contributed by atoms with Crippen LogP contribution in [-0.4, -0.2) is 91.0 Å². The standard InChI is InChI=1S/C46H53NO11/c1-4-36-39(57-43-30(2)38(48)41-37(55-43)29-52-44(58-41)35-23-15-8-16-24-35)31(3)40(56-42(49)34-21-13-7-14-22-34)45(54-36)51-26-25-47(27-32-17-9-5-10-18-32)46(50)53-28-33-19-11-6-12-20-33/h5-24,30-31,36-41,43-45,48H,4,25-29H2,1-3H3/t30?,31-,36?,37?,38+,39-,40?,41+,43-,44?,45+/m0/s1. The van der Waals surface area contributed by atoms with Crippen molar-refractivity contribution in [1.82, 2.24) is 4.90 Å². The second-order valence-corrected chi connectivity index (χ2v) is 15.0. The zero-order valence-corrected chi connectivity index (χ0v) is 33.1. The highest BCUT2D eigenvalue weighted by Gasteiger charge is 2.52. The van der Waals surface area contributed by atoms with Crippen molar-refractivity contribution >= 4 is 12.1 Å². The number of rotatable bonds is 14. The molecule has 5 unspecified atom stereocenters. The van der Waals surface area contributed by atoms with Crippen LogP contribution in [0.5, 0.6) is 0 Å². The van der Waals surface area contributed by atoms with Crippen LogP contribution < -0.4 is 0 Å². The molecule has 11 atom stereocenters. The maximum atomic E-state index is 13.6. The summed E-state index contributed by atoms with van der Waals surface area (Å²) < 4.78 is 50.3. The third-order valence-electron chi connectivity index (χ3n) is 11.0. The molecule has 0 saturated carbocycles. The minimum absolute atomic E-state index is 0.0635. The van der Waals surface area contributed by atoms with Gasteiger partial charge in [-0.3, -0.25) is 0 Å². The summed E-state index contributed by atoms with van der Waals surface area (Å²) in [4.78, 5) is 28.6. The highest BCUT2D eigenvalue weighted by Crippen LogP contribution is 2.40. The van der Waals surface area contributed by atoms with Gasteiger partial charge in [-0.25, -0.2) is 9.59 Å². The third-order valence-corrected chi connectivity index (χ3v) is 11.0. The van der Waals surface area contributed by atoms with Crippen LogP contribution in [0.15, 0.2) is 121 Å². The predicted octanol–water partition coefficient (Wildman–Crippen LogP) is 7.06. The molecule has 0 aliphatic carbocycles. The first-order valence-corrected chi connectivity index (χ1v) is 20.1. The van der Waals surface area contributed by atoms with Gasteiger partial charge >= 0.3 is 12.1 Å². The Morgan fingerprint density at radius 3 is 2.07 bits per heavy atom. The number of esters is 1. The van der Waals surface area contributed by atoms with E-state index in [0.29, 0.717) is 18.5 Å². The third kappa shape index (κ3) is 10.1. The molecule has 1 amide bonds. The monoisotopic (exact) mass is 795 g/mol. The highest BCUT2D eigenvalue weighted by atomic mass is 16.8. The van der Waals surface area contributed by atoms with Crippen molar-refractivity contribution in [2.75, 3.05) is 19.8 Å². The van der Waals surface area contributed by atoms with Gasteiger partial charge in [0.05, 0.1) is 37.1 Å². The molecule has 12 heteroatoms. The van der Waals surface area contributed by atoms with Crippen LogP contribution in [0, 0.1) is 11.8 Å². The molecule has 12 nitrogen and oxygen atoms in total. The first-order chi connectivity index (χ1) is 28.3. The van der Waals surface area contributed by atoms with Gasteiger partial charge in [-0.05, 0) is 29.7 Å². The summed E-state index contributed by atoms with van der Waals surface area (Å²) in [6.07, 6.45) is -6.49. The number of amides is 1. The second kappa shape index (κ2) is 19.9. The lowest BCUT2D eigenvalue weighted by molar-refractivity contribution is -0.373. The number of ether oxygens (including phenoxy) is 8.